The third-order valence-electron chi connectivity index (χ3n) is 2.51. The van der Waals surface area contributed by atoms with Crippen molar-refractivity contribution in [3.63, 3.8) is 0 Å². The Labute approximate surface area is 122 Å². The molecule has 0 aliphatic rings. The Morgan fingerprint density at radius 2 is 2.11 bits per heavy atom. The van der Waals surface area contributed by atoms with Crippen LogP contribution in [0, 0.1) is 0 Å². The molecule has 5 heteroatoms. The van der Waals surface area contributed by atoms with E-state index in [9.17, 15) is 4.79 Å². The molecule has 1 aromatic carbocycles. The molecule has 0 heterocycles. The van der Waals surface area contributed by atoms with Crippen molar-refractivity contribution in [3.05, 3.63) is 33.8 Å². The zero-order chi connectivity index (χ0) is 13.5. The maximum atomic E-state index is 11.5. The minimum atomic E-state index is 0.0782. The number of nitrogens with one attached hydrogen (secondary N) is 1. The second-order valence-corrected chi connectivity index (χ2v) is 5.92. The molecule has 0 fully saturated rings. The van der Waals surface area contributed by atoms with Gasteiger partial charge in [-0.3, -0.25) is 4.79 Å². The van der Waals surface area contributed by atoms with Crippen molar-refractivity contribution in [2.45, 2.75) is 32.1 Å². The summed E-state index contributed by atoms with van der Waals surface area (Å²) in [5.41, 5.74) is 1.07. The first kappa shape index (κ1) is 15.7. The van der Waals surface area contributed by atoms with Crippen LogP contribution in [0.3, 0.4) is 0 Å². The van der Waals surface area contributed by atoms with E-state index >= 15 is 0 Å². The molecule has 0 radical (unpaired) electrons. The minimum absolute atomic E-state index is 0.0782. The number of hydrogen-bond donors (Lipinski definition) is 1. The second kappa shape index (κ2) is 7.93. The molecule has 0 spiro atoms. The Morgan fingerprint density at radius 1 is 1.39 bits per heavy atom. The molecule has 18 heavy (non-hydrogen) atoms. The number of halogens is 2. The average molecular weight is 306 g/mol. The second-order valence-electron chi connectivity index (χ2n) is 4.12. The number of carbonyl (C=O) groups excluding carboxylic acids is 1. The quantitative estimate of drug-likeness (QED) is 0.856. The van der Waals surface area contributed by atoms with Crippen LogP contribution in [0.2, 0.25) is 10.0 Å². The van der Waals surface area contributed by atoms with Gasteiger partial charge in [-0.25, -0.2) is 0 Å². The third-order valence-corrected chi connectivity index (χ3v) is 4.25. The summed E-state index contributed by atoms with van der Waals surface area (Å²) in [6, 6.07) is 5.78. The lowest BCUT2D eigenvalue weighted by Gasteiger charge is -2.11. The summed E-state index contributed by atoms with van der Waals surface area (Å²) < 4.78 is 0. The van der Waals surface area contributed by atoms with Crippen molar-refractivity contribution in [2.75, 3.05) is 5.75 Å². The number of carbonyl (C=O) groups is 1. The van der Waals surface area contributed by atoms with E-state index < -0.39 is 0 Å². The number of thioether (sulfide) groups is 1. The van der Waals surface area contributed by atoms with Crippen LogP contribution in [0.5, 0.6) is 0 Å². The highest BCUT2D eigenvalue weighted by atomic mass is 35.5. The van der Waals surface area contributed by atoms with Gasteiger partial charge in [-0.05, 0) is 31.0 Å². The van der Waals surface area contributed by atoms with Gasteiger partial charge < -0.3 is 5.32 Å². The number of rotatable bonds is 6. The summed E-state index contributed by atoms with van der Waals surface area (Å²) in [6.45, 7) is 4.05. The van der Waals surface area contributed by atoms with Gasteiger partial charge in [0.05, 0.1) is 15.8 Å². The van der Waals surface area contributed by atoms with Gasteiger partial charge in [0.15, 0.2) is 0 Å². The zero-order valence-corrected chi connectivity index (χ0v) is 12.8. The fraction of sp³-hybridized carbons (Fsp3) is 0.462. The Hall–Kier alpha value is -0.380. The molecule has 100 valence electrons. The highest BCUT2D eigenvalue weighted by Gasteiger charge is 2.06. The smallest absolute Gasteiger partial charge is 0.230 e. The molecule has 0 aliphatic heterocycles. The van der Waals surface area contributed by atoms with Crippen LogP contribution < -0.4 is 5.32 Å². The standard InChI is InChI=1S/C13H17Cl2NOS/c1-3-9(2)16-13(17)8-18-7-10-4-5-11(14)12(15)6-10/h4-6,9H,3,7-8H2,1-2H3,(H,16,17). The molecular weight excluding hydrogens is 289 g/mol. The van der Waals surface area contributed by atoms with Gasteiger partial charge >= 0.3 is 0 Å². The van der Waals surface area contributed by atoms with Crippen molar-refractivity contribution in [2.24, 2.45) is 0 Å². The maximum Gasteiger partial charge on any atom is 0.230 e. The largest absolute Gasteiger partial charge is 0.353 e. The zero-order valence-electron chi connectivity index (χ0n) is 10.5. The van der Waals surface area contributed by atoms with Crippen LogP contribution in [0.1, 0.15) is 25.8 Å². The van der Waals surface area contributed by atoms with E-state index in [1.807, 2.05) is 26.0 Å². The molecule has 1 rings (SSSR count). The van der Waals surface area contributed by atoms with E-state index in [2.05, 4.69) is 5.32 Å². The first-order chi connectivity index (χ1) is 8.52. The molecule has 0 aromatic heterocycles. The normalized spacial score (nSPS) is 12.2. The van der Waals surface area contributed by atoms with Gasteiger partial charge in [0, 0.05) is 11.8 Å². The molecule has 1 atom stereocenters. The van der Waals surface area contributed by atoms with Crippen LogP contribution in [0.4, 0.5) is 0 Å². The summed E-state index contributed by atoms with van der Waals surface area (Å²) in [4.78, 5) is 11.5. The van der Waals surface area contributed by atoms with Crippen molar-refractivity contribution >= 4 is 40.9 Å². The van der Waals surface area contributed by atoms with Gasteiger partial charge in [-0.15, -0.1) is 11.8 Å². The topological polar surface area (TPSA) is 29.1 Å². The molecule has 1 N–H and O–H groups in total. The molecule has 0 saturated heterocycles. The molecular formula is C13H17Cl2NOS. The monoisotopic (exact) mass is 305 g/mol. The van der Waals surface area contributed by atoms with Gasteiger partial charge in [-0.1, -0.05) is 36.2 Å². The molecule has 0 saturated carbocycles. The fourth-order valence-electron chi connectivity index (χ4n) is 1.31. The van der Waals surface area contributed by atoms with E-state index in [-0.39, 0.29) is 11.9 Å². The van der Waals surface area contributed by atoms with E-state index in [4.69, 9.17) is 23.2 Å². The fourth-order valence-corrected chi connectivity index (χ4v) is 2.42. The summed E-state index contributed by atoms with van der Waals surface area (Å²) in [6.07, 6.45) is 0.948. The molecule has 0 aliphatic carbocycles. The number of amides is 1. The highest BCUT2D eigenvalue weighted by Crippen LogP contribution is 2.24. The maximum absolute atomic E-state index is 11.5. The molecule has 2 nitrogen and oxygen atoms in total. The lowest BCUT2D eigenvalue weighted by atomic mass is 10.2. The van der Waals surface area contributed by atoms with E-state index in [1.54, 1.807) is 17.8 Å². The van der Waals surface area contributed by atoms with Crippen LogP contribution >= 0.6 is 35.0 Å². The number of benzene rings is 1. The van der Waals surface area contributed by atoms with Crippen molar-refractivity contribution in [3.8, 4) is 0 Å². The Balaban J connectivity index is 2.33. The van der Waals surface area contributed by atoms with E-state index in [0.717, 1.165) is 17.7 Å². The average Bonchev–Trinajstić information content (AvgIpc) is 2.33. The molecule has 0 bridgehead atoms. The van der Waals surface area contributed by atoms with Crippen molar-refractivity contribution in [1.82, 2.24) is 5.32 Å². The Bertz CT molecular complexity index is 412. The lowest BCUT2D eigenvalue weighted by molar-refractivity contribution is -0.119. The Kier molecular flexibility index (Phi) is 6.90. The van der Waals surface area contributed by atoms with Gasteiger partial charge in [0.25, 0.3) is 0 Å². The van der Waals surface area contributed by atoms with Crippen molar-refractivity contribution in [1.29, 1.82) is 0 Å². The SMILES string of the molecule is CCC(C)NC(=O)CSCc1ccc(Cl)c(Cl)c1. The van der Waals surface area contributed by atoms with E-state index in [0.29, 0.717) is 15.8 Å². The van der Waals surface area contributed by atoms with Gasteiger partial charge in [0.2, 0.25) is 5.91 Å². The van der Waals surface area contributed by atoms with Crippen LogP contribution in [0.25, 0.3) is 0 Å². The summed E-state index contributed by atoms with van der Waals surface area (Å²) in [5.74, 6) is 1.30. The molecule has 1 amide bonds. The third kappa shape index (κ3) is 5.51. The van der Waals surface area contributed by atoms with Gasteiger partial charge in [-0.2, -0.15) is 0 Å². The number of hydrogen-bond acceptors (Lipinski definition) is 2. The van der Waals surface area contributed by atoms with Crippen LogP contribution in [-0.2, 0) is 10.5 Å². The molecule has 1 aromatic rings. The van der Waals surface area contributed by atoms with Crippen LogP contribution in [-0.4, -0.2) is 17.7 Å². The predicted octanol–water partition coefficient (Wildman–Crippen LogP) is 4.14. The Morgan fingerprint density at radius 3 is 2.72 bits per heavy atom. The highest BCUT2D eigenvalue weighted by molar-refractivity contribution is 7.99. The summed E-state index contributed by atoms with van der Waals surface area (Å²) >= 11 is 13.3. The van der Waals surface area contributed by atoms with Crippen molar-refractivity contribution < 1.29 is 4.79 Å². The first-order valence-electron chi connectivity index (χ1n) is 5.84. The first-order valence-corrected chi connectivity index (χ1v) is 7.75. The summed E-state index contributed by atoms with van der Waals surface area (Å²) in [7, 11) is 0. The minimum Gasteiger partial charge on any atom is -0.353 e. The summed E-state index contributed by atoms with van der Waals surface area (Å²) in [5, 5.41) is 4.04. The van der Waals surface area contributed by atoms with Crippen LogP contribution in [0.15, 0.2) is 18.2 Å². The molecule has 1 unspecified atom stereocenters. The predicted molar refractivity (Wildman–Crippen MR) is 80.5 cm³/mol. The van der Waals surface area contributed by atoms with E-state index in [1.165, 1.54) is 0 Å². The lowest BCUT2D eigenvalue weighted by Crippen LogP contribution is -2.33. The van der Waals surface area contributed by atoms with Gasteiger partial charge in [0.1, 0.15) is 0 Å².